The Morgan fingerprint density at radius 1 is 1.00 bits per heavy atom. The second-order valence-electron chi connectivity index (χ2n) is 6.99. The number of hydrogen-bond donors (Lipinski definition) is 3. The first-order valence-electron chi connectivity index (χ1n) is 9.23. The summed E-state index contributed by atoms with van der Waals surface area (Å²) < 4.78 is 5.57. The number of aryl methyl sites for hydroxylation is 2. The largest absolute Gasteiger partial charge is 0.464 e. The Kier molecular flexibility index (Phi) is 5.97. The third-order valence-corrected chi connectivity index (χ3v) is 4.75. The fraction of sp³-hybridized carbons (Fsp3) is 0.227. The average Bonchev–Trinajstić information content (AvgIpc) is 3.06. The van der Waals surface area contributed by atoms with E-state index < -0.39 is 5.91 Å². The Balaban J connectivity index is 1.56. The van der Waals surface area contributed by atoms with Crippen molar-refractivity contribution in [3.05, 3.63) is 70.5 Å². The van der Waals surface area contributed by atoms with E-state index in [1.807, 2.05) is 26.0 Å². The van der Waals surface area contributed by atoms with Gasteiger partial charge in [0.05, 0.1) is 19.2 Å². The van der Waals surface area contributed by atoms with E-state index in [0.29, 0.717) is 12.1 Å². The molecule has 1 aromatic heterocycles. The van der Waals surface area contributed by atoms with Crippen LogP contribution in [-0.4, -0.2) is 24.3 Å². The number of nitrogens with two attached hydrogens (primary N) is 1. The molecule has 150 valence electrons. The predicted molar refractivity (Wildman–Crippen MR) is 109 cm³/mol. The van der Waals surface area contributed by atoms with Crippen molar-refractivity contribution in [3.8, 4) is 0 Å². The standard InChI is InChI=1S/C22H23N3O4/c1-13-7-18-17(12-29-19(18)8-14(13)2)9-21(27)24-10-15-3-5-16(6-4-15)22(28)25-11-20(23)26/h3-8,12H,9-11H2,1-2H3,(H2,23,26)(H,24,27)(H,25,28). The first kappa shape index (κ1) is 20.1. The number of furan rings is 1. The smallest absolute Gasteiger partial charge is 0.251 e. The summed E-state index contributed by atoms with van der Waals surface area (Å²) in [7, 11) is 0. The van der Waals surface area contributed by atoms with Gasteiger partial charge in [-0.3, -0.25) is 14.4 Å². The second-order valence-corrected chi connectivity index (χ2v) is 6.99. The maximum absolute atomic E-state index is 12.3. The Labute approximate surface area is 168 Å². The zero-order valence-electron chi connectivity index (χ0n) is 16.4. The first-order valence-corrected chi connectivity index (χ1v) is 9.23. The summed E-state index contributed by atoms with van der Waals surface area (Å²) >= 11 is 0. The minimum atomic E-state index is -0.603. The Hall–Kier alpha value is -3.61. The molecular formula is C22H23N3O4. The van der Waals surface area contributed by atoms with E-state index in [9.17, 15) is 14.4 Å². The third kappa shape index (κ3) is 5.01. The van der Waals surface area contributed by atoms with E-state index >= 15 is 0 Å². The Morgan fingerprint density at radius 3 is 2.38 bits per heavy atom. The van der Waals surface area contributed by atoms with Crippen molar-refractivity contribution in [2.45, 2.75) is 26.8 Å². The molecule has 0 radical (unpaired) electrons. The monoisotopic (exact) mass is 393 g/mol. The molecule has 0 aliphatic carbocycles. The van der Waals surface area contributed by atoms with Crippen LogP contribution in [0.25, 0.3) is 11.0 Å². The molecule has 0 aliphatic heterocycles. The Morgan fingerprint density at radius 2 is 1.69 bits per heavy atom. The molecule has 0 atom stereocenters. The van der Waals surface area contributed by atoms with E-state index in [0.717, 1.165) is 33.2 Å². The summed E-state index contributed by atoms with van der Waals surface area (Å²) in [6.45, 7) is 4.19. The molecule has 0 saturated carbocycles. The van der Waals surface area contributed by atoms with Gasteiger partial charge in [-0.15, -0.1) is 0 Å². The predicted octanol–water partition coefficient (Wildman–Crippen LogP) is 2.12. The highest BCUT2D eigenvalue weighted by Crippen LogP contribution is 2.25. The van der Waals surface area contributed by atoms with Gasteiger partial charge in [-0.2, -0.15) is 0 Å². The topological polar surface area (TPSA) is 114 Å². The van der Waals surface area contributed by atoms with Crippen LogP contribution in [0.4, 0.5) is 0 Å². The highest BCUT2D eigenvalue weighted by atomic mass is 16.3. The number of hydrogen-bond acceptors (Lipinski definition) is 4. The minimum Gasteiger partial charge on any atom is -0.464 e. The number of benzene rings is 2. The second kappa shape index (κ2) is 8.60. The molecule has 7 nitrogen and oxygen atoms in total. The molecule has 3 rings (SSSR count). The van der Waals surface area contributed by atoms with Crippen molar-refractivity contribution in [1.82, 2.24) is 10.6 Å². The van der Waals surface area contributed by atoms with Crippen molar-refractivity contribution in [3.63, 3.8) is 0 Å². The van der Waals surface area contributed by atoms with Crippen molar-refractivity contribution in [2.75, 3.05) is 6.54 Å². The summed E-state index contributed by atoms with van der Waals surface area (Å²) in [5.41, 5.74) is 10.2. The molecular weight excluding hydrogens is 370 g/mol. The number of nitrogens with one attached hydrogen (secondary N) is 2. The van der Waals surface area contributed by atoms with Crippen molar-refractivity contribution in [2.24, 2.45) is 5.73 Å². The van der Waals surface area contributed by atoms with Gasteiger partial charge in [0.15, 0.2) is 0 Å². The summed E-state index contributed by atoms with van der Waals surface area (Å²) in [6, 6.07) is 10.8. The number of amides is 3. The molecule has 0 spiro atoms. The van der Waals surface area contributed by atoms with Crippen LogP contribution in [0.5, 0.6) is 0 Å². The van der Waals surface area contributed by atoms with Gasteiger partial charge in [0, 0.05) is 23.1 Å². The third-order valence-electron chi connectivity index (χ3n) is 4.75. The van der Waals surface area contributed by atoms with Crippen molar-refractivity contribution >= 4 is 28.7 Å². The lowest BCUT2D eigenvalue weighted by molar-refractivity contribution is -0.120. The van der Waals surface area contributed by atoms with Gasteiger partial charge in [0.1, 0.15) is 5.58 Å². The maximum atomic E-state index is 12.3. The number of carbonyl (C=O) groups is 3. The van der Waals surface area contributed by atoms with E-state index in [-0.39, 0.29) is 24.8 Å². The summed E-state index contributed by atoms with van der Waals surface area (Å²) in [6.07, 6.45) is 1.85. The van der Waals surface area contributed by atoms with Gasteiger partial charge in [0.25, 0.3) is 5.91 Å². The fourth-order valence-corrected chi connectivity index (χ4v) is 2.95. The number of primary amides is 1. The number of rotatable bonds is 7. The van der Waals surface area contributed by atoms with E-state index in [4.69, 9.17) is 10.2 Å². The van der Waals surface area contributed by atoms with Crippen LogP contribution in [0.2, 0.25) is 0 Å². The lowest BCUT2D eigenvalue weighted by atomic mass is 10.0. The molecule has 4 N–H and O–H groups in total. The van der Waals surface area contributed by atoms with E-state index in [1.54, 1.807) is 30.5 Å². The van der Waals surface area contributed by atoms with E-state index in [2.05, 4.69) is 10.6 Å². The number of fused-ring (bicyclic) bond motifs is 1. The summed E-state index contributed by atoms with van der Waals surface area (Å²) in [5, 5.41) is 6.25. The molecule has 0 aliphatic rings. The van der Waals surface area contributed by atoms with Gasteiger partial charge < -0.3 is 20.8 Å². The molecule has 0 saturated heterocycles. The van der Waals surface area contributed by atoms with Gasteiger partial charge in [-0.1, -0.05) is 12.1 Å². The van der Waals surface area contributed by atoms with Crippen LogP contribution >= 0.6 is 0 Å². The average molecular weight is 393 g/mol. The SMILES string of the molecule is Cc1cc2occ(CC(=O)NCc3ccc(C(=O)NCC(N)=O)cc3)c2cc1C. The normalized spacial score (nSPS) is 10.7. The zero-order chi connectivity index (χ0) is 21.0. The number of carbonyl (C=O) groups excluding carboxylic acids is 3. The quantitative estimate of drug-likeness (QED) is 0.570. The van der Waals surface area contributed by atoms with Gasteiger partial charge in [-0.25, -0.2) is 0 Å². The molecule has 1 heterocycles. The van der Waals surface area contributed by atoms with Crippen LogP contribution in [0.1, 0.15) is 32.6 Å². The first-order chi connectivity index (χ1) is 13.8. The van der Waals surface area contributed by atoms with Crippen molar-refractivity contribution in [1.29, 1.82) is 0 Å². The molecule has 2 aromatic carbocycles. The molecule has 0 bridgehead atoms. The fourth-order valence-electron chi connectivity index (χ4n) is 2.95. The maximum Gasteiger partial charge on any atom is 0.251 e. The van der Waals surface area contributed by atoms with Gasteiger partial charge in [0.2, 0.25) is 11.8 Å². The van der Waals surface area contributed by atoms with Crippen LogP contribution in [0.3, 0.4) is 0 Å². The highest BCUT2D eigenvalue weighted by Gasteiger charge is 2.12. The molecule has 3 aromatic rings. The molecule has 3 amide bonds. The molecule has 0 fully saturated rings. The molecule has 0 unspecified atom stereocenters. The highest BCUT2D eigenvalue weighted by molar-refractivity contribution is 5.96. The van der Waals surface area contributed by atoms with Gasteiger partial charge in [-0.05, 0) is 54.8 Å². The zero-order valence-corrected chi connectivity index (χ0v) is 16.4. The lowest BCUT2D eigenvalue weighted by Crippen LogP contribution is -2.33. The minimum absolute atomic E-state index is 0.116. The Bertz CT molecular complexity index is 1070. The van der Waals surface area contributed by atoms with Gasteiger partial charge >= 0.3 is 0 Å². The summed E-state index contributed by atoms with van der Waals surface area (Å²) in [4.78, 5) is 34.9. The van der Waals surface area contributed by atoms with Crippen molar-refractivity contribution < 1.29 is 18.8 Å². The van der Waals surface area contributed by atoms with E-state index in [1.165, 1.54) is 0 Å². The lowest BCUT2D eigenvalue weighted by Gasteiger charge is -2.07. The van der Waals surface area contributed by atoms with Crippen LogP contribution < -0.4 is 16.4 Å². The molecule has 29 heavy (non-hydrogen) atoms. The molecule has 7 heteroatoms. The van der Waals surface area contributed by atoms with Crippen LogP contribution in [0, 0.1) is 13.8 Å². The summed E-state index contributed by atoms with van der Waals surface area (Å²) in [5.74, 6) is -1.10. The van der Waals surface area contributed by atoms with Crippen LogP contribution in [-0.2, 0) is 22.6 Å². The van der Waals surface area contributed by atoms with Crippen LogP contribution in [0.15, 0.2) is 47.1 Å².